The van der Waals surface area contributed by atoms with Crippen LogP contribution in [-0.4, -0.2) is 67.0 Å². The van der Waals surface area contributed by atoms with Crippen molar-refractivity contribution in [3.05, 3.63) is 65.5 Å². The van der Waals surface area contributed by atoms with Crippen LogP contribution in [-0.2, 0) is 11.3 Å². The van der Waals surface area contributed by atoms with Crippen molar-refractivity contribution < 1.29 is 18.7 Å². The summed E-state index contributed by atoms with van der Waals surface area (Å²) in [5.74, 6) is 0.366. The molecule has 0 saturated carbocycles. The summed E-state index contributed by atoms with van der Waals surface area (Å²) in [6.45, 7) is 6.95. The molecule has 0 radical (unpaired) electrons. The summed E-state index contributed by atoms with van der Waals surface area (Å²) in [6.07, 6.45) is 1.25. The molecule has 35 heavy (non-hydrogen) atoms. The Morgan fingerprint density at radius 2 is 1.97 bits per heavy atom. The van der Waals surface area contributed by atoms with Gasteiger partial charge in [0.2, 0.25) is 5.91 Å². The lowest BCUT2D eigenvalue weighted by Crippen LogP contribution is -2.57. The molecule has 1 heterocycles. The molecule has 2 aromatic rings. The Hall–Kier alpha value is -2.97. The maximum Gasteiger partial charge on any atom is 0.254 e. The molecule has 2 amide bonds. The molecular formula is C27H37FN4O3. The number of nitrogens with two attached hydrogens (primary N) is 1. The second-order valence-electron chi connectivity index (χ2n) is 9.45. The van der Waals surface area contributed by atoms with E-state index < -0.39 is 6.04 Å². The summed E-state index contributed by atoms with van der Waals surface area (Å²) in [7, 11) is 1.56. The van der Waals surface area contributed by atoms with Crippen LogP contribution in [0.4, 0.5) is 4.39 Å². The molecule has 2 atom stereocenters. The van der Waals surface area contributed by atoms with E-state index in [1.807, 2.05) is 0 Å². The van der Waals surface area contributed by atoms with Gasteiger partial charge in [-0.15, -0.1) is 0 Å². The molecule has 1 unspecified atom stereocenters. The number of hydrogen-bond donors (Lipinski definition) is 2. The summed E-state index contributed by atoms with van der Waals surface area (Å²) in [5, 5.41) is 2.87. The molecule has 3 N–H and O–H groups in total. The van der Waals surface area contributed by atoms with Gasteiger partial charge in [0.25, 0.3) is 5.91 Å². The first-order valence-corrected chi connectivity index (χ1v) is 12.2. The van der Waals surface area contributed by atoms with Crippen molar-refractivity contribution in [3.63, 3.8) is 0 Å². The largest absolute Gasteiger partial charge is 0.497 e. The van der Waals surface area contributed by atoms with Gasteiger partial charge in [0, 0.05) is 44.3 Å². The van der Waals surface area contributed by atoms with Gasteiger partial charge in [0.1, 0.15) is 17.6 Å². The molecule has 0 aliphatic carbocycles. The van der Waals surface area contributed by atoms with Crippen molar-refractivity contribution in [2.75, 3.05) is 33.3 Å². The summed E-state index contributed by atoms with van der Waals surface area (Å²) < 4.78 is 18.7. The van der Waals surface area contributed by atoms with Gasteiger partial charge < -0.3 is 20.7 Å². The van der Waals surface area contributed by atoms with E-state index in [1.165, 1.54) is 12.1 Å². The molecule has 0 aromatic heterocycles. The van der Waals surface area contributed by atoms with Crippen molar-refractivity contribution in [2.24, 2.45) is 11.7 Å². The van der Waals surface area contributed by atoms with Gasteiger partial charge >= 0.3 is 0 Å². The predicted molar refractivity (Wildman–Crippen MR) is 135 cm³/mol. The highest BCUT2D eigenvalue weighted by atomic mass is 19.1. The highest BCUT2D eigenvalue weighted by Gasteiger charge is 2.38. The Morgan fingerprint density at radius 1 is 1.23 bits per heavy atom. The average molecular weight is 485 g/mol. The van der Waals surface area contributed by atoms with Crippen LogP contribution >= 0.6 is 0 Å². The van der Waals surface area contributed by atoms with E-state index in [-0.39, 0.29) is 23.7 Å². The van der Waals surface area contributed by atoms with Crippen molar-refractivity contribution in [2.45, 2.75) is 45.3 Å². The van der Waals surface area contributed by atoms with E-state index in [4.69, 9.17) is 10.5 Å². The third-order valence-electron chi connectivity index (χ3n) is 6.31. The van der Waals surface area contributed by atoms with Crippen LogP contribution in [0.5, 0.6) is 5.75 Å². The van der Waals surface area contributed by atoms with Crippen LogP contribution in [0.3, 0.4) is 0 Å². The van der Waals surface area contributed by atoms with Crippen LogP contribution in [0, 0.1) is 11.7 Å². The number of rotatable bonds is 10. The first kappa shape index (κ1) is 26.6. The Labute approximate surface area is 207 Å². The normalized spacial score (nSPS) is 18.1. The molecule has 0 spiro atoms. The number of benzene rings is 2. The number of ether oxygens (including phenoxy) is 1. The van der Waals surface area contributed by atoms with Crippen LogP contribution in [0.15, 0.2) is 48.5 Å². The van der Waals surface area contributed by atoms with Crippen LogP contribution < -0.4 is 15.8 Å². The number of methoxy groups -OCH3 is 1. The Balaban J connectivity index is 1.83. The fraction of sp³-hybridized carbons (Fsp3) is 0.481. The van der Waals surface area contributed by atoms with Gasteiger partial charge in [0.15, 0.2) is 0 Å². The van der Waals surface area contributed by atoms with Crippen LogP contribution in [0.2, 0.25) is 0 Å². The second kappa shape index (κ2) is 12.7. The maximum absolute atomic E-state index is 13.5. The van der Waals surface area contributed by atoms with Crippen molar-refractivity contribution >= 4 is 11.8 Å². The van der Waals surface area contributed by atoms with Gasteiger partial charge in [-0.2, -0.15) is 0 Å². The lowest BCUT2D eigenvalue weighted by atomic mass is 9.93. The van der Waals surface area contributed by atoms with Gasteiger partial charge in [-0.05, 0) is 54.7 Å². The molecule has 1 saturated heterocycles. The SMILES string of the molecule is COc1cccc(C(=O)N2CCC(N(Cc3ccc(F)cc3)CC(C)C)C[C@@H]2C(=O)NCCN)c1. The van der Waals surface area contributed by atoms with Gasteiger partial charge in [-0.1, -0.05) is 32.0 Å². The van der Waals surface area contributed by atoms with Crippen molar-refractivity contribution in [1.29, 1.82) is 0 Å². The number of amides is 2. The zero-order valence-corrected chi connectivity index (χ0v) is 20.9. The number of halogens is 1. The summed E-state index contributed by atoms with van der Waals surface area (Å²) >= 11 is 0. The van der Waals surface area contributed by atoms with E-state index >= 15 is 0 Å². The van der Waals surface area contributed by atoms with E-state index in [9.17, 15) is 14.0 Å². The third-order valence-corrected chi connectivity index (χ3v) is 6.31. The first-order valence-electron chi connectivity index (χ1n) is 12.2. The number of piperidine rings is 1. The Kier molecular flexibility index (Phi) is 9.63. The van der Waals surface area contributed by atoms with Gasteiger partial charge in [0.05, 0.1) is 7.11 Å². The molecule has 3 rings (SSSR count). The standard InChI is InChI=1S/C27H37FN4O3/c1-19(2)17-31(18-20-7-9-22(28)10-8-20)23-11-14-32(25(16-23)26(33)30-13-12-29)27(34)21-5-4-6-24(15-21)35-3/h4-10,15,19,23,25H,11-14,16-18,29H2,1-3H3,(H,30,33)/t23?,25-/m1/s1. The summed E-state index contributed by atoms with van der Waals surface area (Å²) in [5.41, 5.74) is 7.12. The number of hydrogen-bond acceptors (Lipinski definition) is 5. The second-order valence-corrected chi connectivity index (χ2v) is 9.45. The number of nitrogens with zero attached hydrogens (tertiary/aromatic N) is 2. The highest BCUT2D eigenvalue weighted by Crippen LogP contribution is 2.27. The highest BCUT2D eigenvalue weighted by molar-refractivity contribution is 5.98. The number of carbonyl (C=O) groups is 2. The fourth-order valence-electron chi connectivity index (χ4n) is 4.64. The predicted octanol–water partition coefficient (Wildman–Crippen LogP) is 3.04. The summed E-state index contributed by atoms with van der Waals surface area (Å²) in [4.78, 5) is 30.6. The van der Waals surface area contributed by atoms with E-state index in [0.29, 0.717) is 49.8 Å². The smallest absolute Gasteiger partial charge is 0.254 e. The summed E-state index contributed by atoms with van der Waals surface area (Å²) in [6, 6.07) is 13.0. The topological polar surface area (TPSA) is 87.9 Å². The monoisotopic (exact) mass is 484 g/mol. The number of likely N-dealkylation sites (tertiary alicyclic amines) is 1. The zero-order chi connectivity index (χ0) is 25.4. The quantitative estimate of drug-likeness (QED) is 0.541. The molecule has 1 aliphatic rings. The molecule has 8 heteroatoms. The van der Waals surface area contributed by atoms with Gasteiger partial charge in [-0.3, -0.25) is 14.5 Å². The molecule has 2 aromatic carbocycles. The number of nitrogens with one attached hydrogen (secondary N) is 1. The van der Waals surface area contributed by atoms with Crippen molar-refractivity contribution in [1.82, 2.24) is 15.1 Å². The molecule has 1 aliphatic heterocycles. The van der Waals surface area contributed by atoms with Crippen LogP contribution in [0.1, 0.15) is 42.6 Å². The van der Waals surface area contributed by atoms with E-state index in [2.05, 4.69) is 24.1 Å². The minimum absolute atomic E-state index is 0.102. The van der Waals surface area contributed by atoms with E-state index in [1.54, 1.807) is 48.4 Å². The lowest BCUT2D eigenvalue weighted by Gasteiger charge is -2.43. The van der Waals surface area contributed by atoms with E-state index in [0.717, 1.165) is 18.5 Å². The lowest BCUT2D eigenvalue weighted by molar-refractivity contribution is -0.127. The Bertz CT molecular complexity index is 983. The molecular weight excluding hydrogens is 447 g/mol. The minimum atomic E-state index is -0.609. The van der Waals surface area contributed by atoms with Gasteiger partial charge in [-0.25, -0.2) is 4.39 Å². The van der Waals surface area contributed by atoms with Crippen molar-refractivity contribution in [3.8, 4) is 5.75 Å². The maximum atomic E-state index is 13.5. The molecule has 1 fully saturated rings. The minimum Gasteiger partial charge on any atom is -0.497 e. The average Bonchev–Trinajstić information content (AvgIpc) is 2.87. The third kappa shape index (κ3) is 7.26. The molecule has 7 nitrogen and oxygen atoms in total. The molecule has 0 bridgehead atoms. The molecule has 190 valence electrons. The number of carbonyl (C=O) groups excluding carboxylic acids is 2. The zero-order valence-electron chi connectivity index (χ0n) is 20.9. The fourth-order valence-corrected chi connectivity index (χ4v) is 4.64. The Morgan fingerprint density at radius 3 is 2.63 bits per heavy atom. The first-order chi connectivity index (χ1) is 16.8. The van der Waals surface area contributed by atoms with Crippen LogP contribution in [0.25, 0.3) is 0 Å².